The van der Waals surface area contributed by atoms with Crippen molar-refractivity contribution in [3.05, 3.63) is 60.4 Å². The lowest BCUT2D eigenvalue weighted by Crippen LogP contribution is -2.50. The van der Waals surface area contributed by atoms with Gasteiger partial charge >= 0.3 is 6.09 Å². The number of carbonyl (C=O) groups excluding carboxylic acids is 1. The van der Waals surface area contributed by atoms with Gasteiger partial charge in [-0.1, -0.05) is 48.5 Å². The lowest BCUT2D eigenvalue weighted by molar-refractivity contribution is 0.0240. The maximum Gasteiger partial charge on any atom is 0.410 e. The Bertz CT molecular complexity index is 1420. The Kier molecular flexibility index (Phi) is 6.01. The van der Waals surface area contributed by atoms with E-state index in [4.69, 9.17) is 4.74 Å². The maximum atomic E-state index is 15.9. The van der Waals surface area contributed by atoms with Gasteiger partial charge in [0.2, 0.25) is 0 Å². The van der Waals surface area contributed by atoms with Crippen molar-refractivity contribution >= 4 is 46.2 Å². The highest BCUT2D eigenvalue weighted by molar-refractivity contribution is 7.80. The van der Waals surface area contributed by atoms with Gasteiger partial charge in [0.25, 0.3) is 0 Å². The Morgan fingerprint density at radius 2 is 1.63 bits per heavy atom. The smallest absolute Gasteiger partial charge is 0.410 e. The molecule has 0 radical (unpaired) electrons. The van der Waals surface area contributed by atoms with Gasteiger partial charge in [0.05, 0.1) is 0 Å². The summed E-state index contributed by atoms with van der Waals surface area (Å²) in [7, 11) is 0. The van der Waals surface area contributed by atoms with Crippen LogP contribution in [0.2, 0.25) is 0 Å². The molecule has 2 heterocycles. The minimum atomic E-state index is -0.544. The summed E-state index contributed by atoms with van der Waals surface area (Å²) in [5.41, 5.74) is 0.993. The van der Waals surface area contributed by atoms with Crippen LogP contribution in [-0.2, 0) is 4.74 Å². The second kappa shape index (κ2) is 9.00. The molecule has 1 aliphatic rings. The molecule has 1 aromatic heterocycles. The summed E-state index contributed by atoms with van der Waals surface area (Å²) < 4.78 is 21.4. The zero-order valence-electron chi connectivity index (χ0n) is 20.0. The topological polar surface area (TPSA) is 58.6 Å². The molecule has 0 atom stereocenters. The van der Waals surface area contributed by atoms with Gasteiger partial charge in [0.1, 0.15) is 16.9 Å². The number of fused-ring (bicyclic) bond motifs is 2. The molecule has 3 aromatic carbocycles. The number of ether oxygens (including phenoxy) is 1. The molecule has 0 N–H and O–H groups in total. The molecule has 1 aliphatic heterocycles. The number of carbonyl (C=O) groups is 1. The van der Waals surface area contributed by atoms with E-state index in [1.54, 1.807) is 11.0 Å². The summed E-state index contributed by atoms with van der Waals surface area (Å²) in [4.78, 5) is 25.0. The summed E-state index contributed by atoms with van der Waals surface area (Å²) in [5, 5.41) is 2.85. The van der Waals surface area contributed by atoms with Crippen LogP contribution in [0.5, 0.6) is 0 Å². The predicted molar refractivity (Wildman–Crippen MR) is 140 cm³/mol. The highest BCUT2D eigenvalue weighted by Gasteiger charge is 2.28. The van der Waals surface area contributed by atoms with Crippen molar-refractivity contribution in [1.29, 1.82) is 0 Å². The quantitative estimate of drug-likeness (QED) is 0.279. The zero-order valence-corrected chi connectivity index (χ0v) is 20.8. The summed E-state index contributed by atoms with van der Waals surface area (Å²) in [5.74, 6) is 0.220. The Hall–Kier alpha value is -3.39. The second-order valence-electron chi connectivity index (χ2n) is 9.65. The van der Waals surface area contributed by atoms with Gasteiger partial charge in [0.15, 0.2) is 11.0 Å². The molecule has 35 heavy (non-hydrogen) atoms. The third-order valence-corrected chi connectivity index (χ3v) is 6.29. The zero-order chi connectivity index (χ0) is 24.7. The molecule has 0 unspecified atom stereocenters. The van der Waals surface area contributed by atoms with Crippen molar-refractivity contribution in [1.82, 2.24) is 14.9 Å². The van der Waals surface area contributed by atoms with Crippen molar-refractivity contribution in [3.63, 3.8) is 0 Å². The average molecular weight is 491 g/mol. The number of aromatic nitrogens is 2. The second-order valence-corrected chi connectivity index (χ2v) is 10.1. The molecule has 180 valence electrons. The number of hydrogen-bond acceptors (Lipinski definition) is 6. The fraction of sp³-hybridized carbons (Fsp3) is 0.296. The molecule has 4 aromatic rings. The Labute approximate surface area is 209 Å². The van der Waals surface area contributed by atoms with Crippen molar-refractivity contribution in [3.8, 4) is 11.1 Å². The third-order valence-electron chi connectivity index (χ3n) is 6.09. The van der Waals surface area contributed by atoms with E-state index in [0.717, 1.165) is 16.3 Å². The van der Waals surface area contributed by atoms with Crippen molar-refractivity contribution in [2.45, 2.75) is 31.5 Å². The lowest BCUT2D eigenvalue weighted by atomic mass is 9.97. The van der Waals surface area contributed by atoms with Crippen LogP contribution in [-0.4, -0.2) is 52.7 Å². The van der Waals surface area contributed by atoms with Gasteiger partial charge in [-0.05, 0) is 43.2 Å². The van der Waals surface area contributed by atoms with Crippen LogP contribution in [0.1, 0.15) is 20.8 Å². The van der Waals surface area contributed by atoms with Gasteiger partial charge in [0, 0.05) is 37.1 Å². The van der Waals surface area contributed by atoms with Crippen LogP contribution >= 0.6 is 12.6 Å². The number of rotatable bonds is 2. The Balaban J connectivity index is 1.49. The number of benzene rings is 3. The summed E-state index contributed by atoms with van der Waals surface area (Å²) >= 11 is 4.37. The highest BCUT2D eigenvalue weighted by Crippen LogP contribution is 2.36. The number of thiol groups is 1. The third kappa shape index (κ3) is 4.62. The van der Waals surface area contributed by atoms with Crippen LogP contribution in [0.3, 0.4) is 0 Å². The van der Waals surface area contributed by atoms with Crippen LogP contribution in [0.25, 0.3) is 32.8 Å². The van der Waals surface area contributed by atoms with Crippen molar-refractivity contribution in [2.75, 3.05) is 31.1 Å². The van der Waals surface area contributed by atoms with Gasteiger partial charge in [-0.2, -0.15) is 0 Å². The SMILES string of the molecule is CC(C)(C)OC(=O)N1CCN(c2nc(S)nc3c(F)c(-c4cccc5ccccc45)ccc23)CC1. The number of anilines is 1. The first-order chi connectivity index (χ1) is 16.7. The van der Waals surface area contributed by atoms with E-state index < -0.39 is 11.4 Å². The fourth-order valence-electron chi connectivity index (χ4n) is 4.47. The minimum absolute atomic E-state index is 0.205. The van der Waals surface area contributed by atoms with E-state index in [-0.39, 0.29) is 16.8 Å². The van der Waals surface area contributed by atoms with Crippen LogP contribution in [0.4, 0.5) is 15.0 Å². The number of amides is 1. The molecular formula is C27H27FN4O2S. The molecule has 1 saturated heterocycles. The summed E-state index contributed by atoms with van der Waals surface area (Å²) in [6, 6.07) is 17.5. The molecule has 8 heteroatoms. The lowest BCUT2D eigenvalue weighted by Gasteiger charge is -2.36. The summed E-state index contributed by atoms with van der Waals surface area (Å²) in [6.45, 7) is 7.62. The standard InChI is InChI=1S/C27H27FN4O2S/c1-27(2,3)34-26(33)32-15-13-31(14-16-32)24-21-12-11-20(22(28)23(21)29-25(35)30-24)19-10-6-8-17-7-4-5-9-18(17)19/h4-12H,13-16H2,1-3H3,(H,29,30,35). The van der Waals surface area contributed by atoms with Gasteiger partial charge < -0.3 is 14.5 Å². The Morgan fingerprint density at radius 1 is 0.914 bits per heavy atom. The fourth-order valence-corrected chi connectivity index (χ4v) is 4.67. The maximum absolute atomic E-state index is 15.9. The molecule has 6 nitrogen and oxygen atoms in total. The first-order valence-electron chi connectivity index (χ1n) is 11.6. The number of hydrogen-bond donors (Lipinski definition) is 1. The Morgan fingerprint density at radius 3 is 2.37 bits per heavy atom. The molecule has 1 fully saturated rings. The first-order valence-corrected chi connectivity index (χ1v) is 12.1. The highest BCUT2D eigenvalue weighted by atomic mass is 32.1. The monoisotopic (exact) mass is 490 g/mol. The summed E-state index contributed by atoms with van der Waals surface area (Å²) in [6.07, 6.45) is -0.328. The largest absolute Gasteiger partial charge is 0.444 e. The van der Waals surface area contributed by atoms with E-state index in [0.29, 0.717) is 42.9 Å². The molecule has 0 aliphatic carbocycles. The van der Waals surface area contributed by atoms with Crippen LogP contribution in [0.15, 0.2) is 59.8 Å². The molecular weight excluding hydrogens is 463 g/mol. The van der Waals surface area contributed by atoms with Gasteiger partial charge in [-0.15, -0.1) is 12.6 Å². The van der Waals surface area contributed by atoms with Crippen molar-refractivity contribution < 1.29 is 13.9 Å². The number of nitrogens with zero attached hydrogens (tertiary/aromatic N) is 4. The average Bonchev–Trinajstić information content (AvgIpc) is 2.83. The molecule has 0 spiro atoms. The van der Waals surface area contributed by atoms with Gasteiger partial charge in [-0.3, -0.25) is 0 Å². The molecule has 0 bridgehead atoms. The number of halogens is 1. The van der Waals surface area contributed by atoms with E-state index >= 15 is 4.39 Å². The van der Waals surface area contributed by atoms with E-state index in [9.17, 15) is 4.79 Å². The van der Waals surface area contributed by atoms with Crippen LogP contribution in [0, 0.1) is 5.82 Å². The minimum Gasteiger partial charge on any atom is -0.444 e. The molecule has 0 saturated carbocycles. The predicted octanol–water partition coefficient (Wildman–Crippen LogP) is 5.93. The van der Waals surface area contributed by atoms with Crippen molar-refractivity contribution in [2.24, 2.45) is 0 Å². The normalized spacial score (nSPS) is 14.5. The molecule has 5 rings (SSSR count). The molecule has 1 amide bonds. The van der Waals surface area contributed by atoms with E-state index in [1.165, 1.54) is 0 Å². The van der Waals surface area contributed by atoms with E-state index in [1.807, 2.05) is 74.2 Å². The van der Waals surface area contributed by atoms with E-state index in [2.05, 4.69) is 22.6 Å². The van der Waals surface area contributed by atoms with Gasteiger partial charge in [-0.25, -0.2) is 19.2 Å². The first kappa shape index (κ1) is 23.4. The van der Waals surface area contributed by atoms with Crippen LogP contribution < -0.4 is 4.90 Å². The number of piperazine rings is 1.